The lowest BCUT2D eigenvalue weighted by atomic mass is 9.84. The average Bonchev–Trinajstić information content (AvgIpc) is 2.96. The number of rotatable bonds is 7. The third-order valence-electron chi connectivity index (χ3n) is 4.59. The van der Waals surface area contributed by atoms with Crippen molar-refractivity contribution in [1.82, 2.24) is 10.6 Å². The van der Waals surface area contributed by atoms with Crippen molar-refractivity contribution < 1.29 is 9.53 Å². The molecule has 2 aliphatic carbocycles. The van der Waals surface area contributed by atoms with E-state index < -0.39 is 0 Å². The maximum absolute atomic E-state index is 11.8. The summed E-state index contributed by atoms with van der Waals surface area (Å²) in [6.07, 6.45) is 5.52. The molecule has 2 aliphatic rings. The Kier molecular flexibility index (Phi) is 5.01. The summed E-state index contributed by atoms with van der Waals surface area (Å²) in [6.45, 7) is 3.94. The summed E-state index contributed by atoms with van der Waals surface area (Å²) in [5.41, 5.74) is 0. The normalized spacial score (nSPS) is 31.6. The van der Waals surface area contributed by atoms with Crippen molar-refractivity contribution in [1.29, 1.82) is 0 Å². The number of carbonyl (C=O) groups excluding carboxylic acids is 1. The molecule has 0 spiro atoms. The van der Waals surface area contributed by atoms with E-state index in [1.165, 1.54) is 25.7 Å². The van der Waals surface area contributed by atoms with Gasteiger partial charge >= 0.3 is 0 Å². The minimum Gasteiger partial charge on any atom is -0.383 e. The summed E-state index contributed by atoms with van der Waals surface area (Å²) in [6, 6.07) is 0.331. The number of amides is 1. The molecule has 0 radical (unpaired) electrons. The molecule has 104 valence electrons. The monoisotopic (exact) mass is 254 g/mol. The zero-order chi connectivity index (χ0) is 13.0. The van der Waals surface area contributed by atoms with Crippen LogP contribution in [-0.2, 0) is 9.53 Å². The van der Waals surface area contributed by atoms with Crippen molar-refractivity contribution >= 4 is 5.91 Å². The van der Waals surface area contributed by atoms with Crippen LogP contribution in [0.2, 0.25) is 0 Å². The van der Waals surface area contributed by atoms with Gasteiger partial charge < -0.3 is 15.4 Å². The van der Waals surface area contributed by atoms with Crippen LogP contribution >= 0.6 is 0 Å². The van der Waals surface area contributed by atoms with Crippen LogP contribution in [0.15, 0.2) is 0 Å². The summed E-state index contributed by atoms with van der Waals surface area (Å²) >= 11 is 0. The van der Waals surface area contributed by atoms with Crippen LogP contribution in [0.1, 0.15) is 32.6 Å². The molecule has 2 N–H and O–H groups in total. The topological polar surface area (TPSA) is 50.4 Å². The molecule has 1 amide bonds. The van der Waals surface area contributed by atoms with Gasteiger partial charge in [-0.1, -0.05) is 6.42 Å². The number of hydrogen-bond acceptors (Lipinski definition) is 3. The number of fused-ring (bicyclic) bond motifs is 2. The Morgan fingerprint density at radius 2 is 2.22 bits per heavy atom. The summed E-state index contributed by atoms with van der Waals surface area (Å²) in [4.78, 5) is 11.8. The number of methoxy groups -OCH3 is 1. The Morgan fingerprint density at radius 3 is 2.83 bits per heavy atom. The van der Waals surface area contributed by atoms with E-state index in [4.69, 9.17) is 4.74 Å². The van der Waals surface area contributed by atoms with Gasteiger partial charge in [-0.2, -0.15) is 0 Å². The molecule has 0 aliphatic heterocycles. The third kappa shape index (κ3) is 3.45. The zero-order valence-corrected chi connectivity index (χ0v) is 11.6. The van der Waals surface area contributed by atoms with Crippen LogP contribution in [-0.4, -0.2) is 38.8 Å². The maximum Gasteiger partial charge on any atom is 0.234 e. The largest absolute Gasteiger partial charge is 0.383 e. The molecule has 0 aromatic rings. The van der Waals surface area contributed by atoms with Gasteiger partial charge in [0.05, 0.1) is 13.2 Å². The van der Waals surface area contributed by atoms with Gasteiger partial charge in [0.15, 0.2) is 0 Å². The Balaban J connectivity index is 1.64. The molecular formula is C14H26N2O2. The van der Waals surface area contributed by atoms with E-state index in [2.05, 4.69) is 17.6 Å². The first-order chi connectivity index (χ1) is 8.70. The second-order valence-electron chi connectivity index (χ2n) is 5.86. The Hall–Kier alpha value is -0.610. The molecule has 4 heteroatoms. The molecule has 0 aromatic heterocycles. The lowest BCUT2D eigenvalue weighted by Crippen LogP contribution is -2.44. The summed E-state index contributed by atoms with van der Waals surface area (Å²) in [5, 5.41) is 6.22. The smallest absolute Gasteiger partial charge is 0.234 e. The van der Waals surface area contributed by atoms with Gasteiger partial charge in [-0.05, 0) is 43.9 Å². The Labute approximate surface area is 110 Å². The summed E-state index contributed by atoms with van der Waals surface area (Å²) < 4.78 is 4.93. The zero-order valence-electron chi connectivity index (χ0n) is 11.6. The first kappa shape index (κ1) is 13.8. The van der Waals surface area contributed by atoms with Gasteiger partial charge in [0.1, 0.15) is 0 Å². The molecule has 0 aromatic carbocycles. The van der Waals surface area contributed by atoms with E-state index in [1.54, 1.807) is 7.11 Å². The molecule has 0 saturated heterocycles. The molecule has 0 heterocycles. The van der Waals surface area contributed by atoms with Crippen molar-refractivity contribution in [2.75, 3.05) is 26.8 Å². The molecule has 2 bridgehead atoms. The Morgan fingerprint density at radius 1 is 1.39 bits per heavy atom. The van der Waals surface area contributed by atoms with Gasteiger partial charge in [0.2, 0.25) is 5.91 Å². The molecule has 4 atom stereocenters. The third-order valence-corrected chi connectivity index (χ3v) is 4.59. The van der Waals surface area contributed by atoms with Crippen molar-refractivity contribution in [2.24, 2.45) is 17.8 Å². The fraction of sp³-hybridized carbons (Fsp3) is 0.929. The highest BCUT2D eigenvalue weighted by molar-refractivity contribution is 5.78. The quantitative estimate of drug-likeness (QED) is 0.670. The van der Waals surface area contributed by atoms with E-state index in [-0.39, 0.29) is 5.91 Å². The molecule has 2 rings (SSSR count). The predicted octanol–water partition coefficient (Wildman–Crippen LogP) is 1.16. The first-order valence-corrected chi connectivity index (χ1v) is 7.19. The molecule has 2 fully saturated rings. The number of ether oxygens (including phenoxy) is 1. The van der Waals surface area contributed by atoms with Crippen molar-refractivity contribution in [3.05, 3.63) is 0 Å². The van der Waals surface area contributed by atoms with Crippen molar-refractivity contribution in [2.45, 2.75) is 38.6 Å². The first-order valence-electron chi connectivity index (χ1n) is 7.19. The lowest BCUT2D eigenvalue weighted by molar-refractivity contribution is -0.121. The lowest BCUT2D eigenvalue weighted by Gasteiger charge is -2.28. The number of carbonyl (C=O) groups is 1. The second-order valence-corrected chi connectivity index (χ2v) is 5.86. The van der Waals surface area contributed by atoms with Crippen LogP contribution in [0.25, 0.3) is 0 Å². The van der Waals surface area contributed by atoms with E-state index in [0.29, 0.717) is 25.1 Å². The fourth-order valence-electron chi connectivity index (χ4n) is 3.69. The van der Waals surface area contributed by atoms with Crippen LogP contribution in [0.4, 0.5) is 0 Å². The van der Waals surface area contributed by atoms with Gasteiger partial charge in [-0.25, -0.2) is 0 Å². The number of nitrogens with one attached hydrogen (secondary N) is 2. The molecule has 2 saturated carbocycles. The van der Waals surface area contributed by atoms with Crippen LogP contribution in [0.3, 0.4) is 0 Å². The van der Waals surface area contributed by atoms with Gasteiger partial charge in [-0.15, -0.1) is 0 Å². The SMILES string of the molecule is COCCNCC(=O)N[C@H](C)[C@H]1C[C@@H]2CC[C@@H]1C2. The van der Waals surface area contributed by atoms with E-state index >= 15 is 0 Å². The second kappa shape index (κ2) is 6.53. The highest BCUT2D eigenvalue weighted by Gasteiger charge is 2.41. The van der Waals surface area contributed by atoms with Crippen LogP contribution in [0.5, 0.6) is 0 Å². The standard InChI is InChI=1S/C14H26N2O2/c1-10(13-8-11-3-4-12(13)7-11)16-14(17)9-15-5-6-18-2/h10-13,15H,3-9H2,1-2H3,(H,16,17)/t10-,11-,12-,13-/m1/s1. The average molecular weight is 254 g/mol. The van der Waals surface area contributed by atoms with Crippen molar-refractivity contribution in [3.63, 3.8) is 0 Å². The minimum absolute atomic E-state index is 0.112. The minimum atomic E-state index is 0.112. The highest BCUT2D eigenvalue weighted by atomic mass is 16.5. The van der Waals surface area contributed by atoms with E-state index in [0.717, 1.165) is 18.4 Å². The van der Waals surface area contributed by atoms with E-state index in [1.807, 2.05) is 0 Å². The molecule has 18 heavy (non-hydrogen) atoms. The van der Waals surface area contributed by atoms with Crippen LogP contribution in [0, 0.1) is 17.8 Å². The molecule has 4 nitrogen and oxygen atoms in total. The van der Waals surface area contributed by atoms with Crippen LogP contribution < -0.4 is 10.6 Å². The molecule has 0 unspecified atom stereocenters. The highest BCUT2D eigenvalue weighted by Crippen LogP contribution is 2.49. The maximum atomic E-state index is 11.8. The molecular weight excluding hydrogens is 228 g/mol. The predicted molar refractivity (Wildman–Crippen MR) is 71.3 cm³/mol. The summed E-state index contributed by atoms with van der Waals surface area (Å²) in [7, 11) is 1.67. The number of hydrogen-bond donors (Lipinski definition) is 2. The Bertz CT molecular complexity index is 283. The summed E-state index contributed by atoms with van der Waals surface area (Å²) in [5.74, 6) is 2.64. The van der Waals surface area contributed by atoms with Gasteiger partial charge in [0, 0.05) is 19.7 Å². The van der Waals surface area contributed by atoms with Gasteiger partial charge in [-0.3, -0.25) is 4.79 Å². The van der Waals surface area contributed by atoms with Crippen molar-refractivity contribution in [3.8, 4) is 0 Å². The van der Waals surface area contributed by atoms with Gasteiger partial charge in [0.25, 0.3) is 0 Å². The fourth-order valence-corrected chi connectivity index (χ4v) is 3.69. The van der Waals surface area contributed by atoms with E-state index in [9.17, 15) is 4.79 Å².